The van der Waals surface area contributed by atoms with Gasteiger partial charge in [0.2, 0.25) is 0 Å². The molecule has 0 radical (unpaired) electrons. The minimum absolute atomic E-state index is 0.176. The average molecular weight is 346 g/mol. The smallest absolute Gasteiger partial charge is 0.294 e. The van der Waals surface area contributed by atoms with E-state index in [0.29, 0.717) is 17.0 Å². The average Bonchev–Trinajstić information content (AvgIpc) is 3.18. The number of carbonyl (C=O) groups excluding carboxylic acids is 1. The number of guanidine groups is 1. The molecular weight excluding hydrogens is 336 g/mol. The van der Waals surface area contributed by atoms with E-state index in [-0.39, 0.29) is 11.5 Å². The third-order valence-corrected chi connectivity index (χ3v) is 3.55. The van der Waals surface area contributed by atoms with E-state index in [1.807, 2.05) is 18.2 Å². The fourth-order valence-corrected chi connectivity index (χ4v) is 2.40. The highest BCUT2D eigenvalue weighted by Crippen LogP contribution is 2.26. The Hall–Kier alpha value is -4.01. The molecule has 0 fully saturated rings. The molecule has 9 nitrogen and oxygen atoms in total. The molecule has 0 unspecified atom stereocenters. The summed E-state index contributed by atoms with van der Waals surface area (Å²) in [7, 11) is 0. The van der Waals surface area contributed by atoms with E-state index in [4.69, 9.17) is 4.74 Å². The number of hydrogen-bond acceptors (Lipinski definition) is 5. The molecule has 2 aromatic heterocycles. The van der Waals surface area contributed by atoms with Gasteiger partial charge in [-0.3, -0.25) is 14.0 Å². The number of ether oxygens (including phenoxy) is 1. The van der Waals surface area contributed by atoms with Gasteiger partial charge in [-0.1, -0.05) is 34.5 Å². The van der Waals surface area contributed by atoms with E-state index in [0.717, 1.165) is 0 Å². The molecule has 4 rings (SSSR count). The monoisotopic (exact) mass is 346 g/mol. The summed E-state index contributed by atoms with van der Waals surface area (Å²) in [5.41, 5.74) is -0.183. The number of nitrogens with zero attached hydrogens (tertiary/aromatic N) is 6. The first-order chi connectivity index (χ1) is 12.7. The Labute approximate surface area is 146 Å². The van der Waals surface area contributed by atoms with Gasteiger partial charge in [0.1, 0.15) is 11.3 Å². The Morgan fingerprint density at radius 2 is 1.73 bits per heavy atom. The Kier molecular flexibility index (Phi) is 3.86. The molecule has 0 bridgehead atoms. The number of hydrogen-bond donors (Lipinski definition) is 0. The van der Waals surface area contributed by atoms with Gasteiger partial charge in [0.05, 0.1) is 5.52 Å². The third-order valence-electron chi connectivity index (χ3n) is 3.55. The maximum Gasteiger partial charge on any atom is 0.294 e. The lowest BCUT2D eigenvalue weighted by Gasteiger charge is -2.11. The van der Waals surface area contributed by atoms with Gasteiger partial charge < -0.3 is 4.74 Å². The molecule has 26 heavy (non-hydrogen) atoms. The molecule has 3 aromatic rings. The largest absolute Gasteiger partial charge is 0.455 e. The van der Waals surface area contributed by atoms with Crippen molar-refractivity contribution in [3.05, 3.63) is 76.7 Å². The van der Waals surface area contributed by atoms with Crippen LogP contribution in [0.2, 0.25) is 0 Å². The zero-order valence-electron chi connectivity index (χ0n) is 13.2. The van der Waals surface area contributed by atoms with Gasteiger partial charge in [-0.15, -0.1) is 0 Å². The lowest BCUT2D eigenvalue weighted by Crippen LogP contribution is -2.22. The summed E-state index contributed by atoms with van der Waals surface area (Å²) in [6.45, 7) is 0. The van der Waals surface area contributed by atoms with Gasteiger partial charge in [0, 0.05) is 12.3 Å². The number of rotatable bonds is 3. The molecule has 0 atom stereocenters. The van der Waals surface area contributed by atoms with Crippen molar-refractivity contribution in [3.8, 4) is 11.5 Å². The van der Waals surface area contributed by atoms with Crippen molar-refractivity contribution in [1.29, 1.82) is 0 Å². The molecule has 1 aromatic carbocycles. The van der Waals surface area contributed by atoms with Crippen molar-refractivity contribution in [2.75, 3.05) is 0 Å². The van der Waals surface area contributed by atoms with Crippen LogP contribution >= 0.6 is 0 Å². The number of amides is 1. The number of para-hydroxylation sites is 1. The molecule has 0 spiro atoms. The summed E-state index contributed by atoms with van der Waals surface area (Å²) < 4.78 is 7.19. The summed E-state index contributed by atoms with van der Waals surface area (Å²) in [6, 6.07) is 15.6. The first-order valence-electron chi connectivity index (χ1n) is 7.54. The maximum absolute atomic E-state index is 12.7. The minimum Gasteiger partial charge on any atom is -0.455 e. The second-order valence-electron chi connectivity index (χ2n) is 5.19. The highest BCUT2D eigenvalue weighted by molar-refractivity contribution is 6.03. The second kappa shape index (κ2) is 6.48. The summed E-state index contributed by atoms with van der Waals surface area (Å²) >= 11 is 0. The first kappa shape index (κ1) is 15.5. The number of aromatic nitrogens is 1. The van der Waals surface area contributed by atoms with E-state index >= 15 is 0 Å². The fourth-order valence-electron chi connectivity index (χ4n) is 2.40. The van der Waals surface area contributed by atoms with Crippen LogP contribution in [-0.4, -0.2) is 16.3 Å². The predicted octanol–water partition coefficient (Wildman–Crippen LogP) is 3.42. The molecule has 3 heterocycles. The molecule has 0 saturated carbocycles. The number of benzene rings is 1. The van der Waals surface area contributed by atoms with Crippen LogP contribution in [-0.2, 0) is 0 Å². The van der Waals surface area contributed by atoms with Crippen LogP contribution in [0.25, 0.3) is 5.52 Å². The first-order valence-corrected chi connectivity index (χ1v) is 7.54. The molecular formula is C17H10N6O3. The molecule has 1 aliphatic heterocycles. The van der Waals surface area contributed by atoms with Crippen molar-refractivity contribution >= 4 is 17.4 Å². The third kappa shape index (κ3) is 2.88. The zero-order valence-corrected chi connectivity index (χ0v) is 13.2. The van der Waals surface area contributed by atoms with E-state index in [2.05, 4.69) is 25.7 Å². The van der Waals surface area contributed by atoms with E-state index in [9.17, 15) is 9.59 Å². The van der Waals surface area contributed by atoms with Crippen LogP contribution in [0, 0.1) is 0 Å². The SMILES string of the molecule is O=C(N=C1N=NN=N1)c1cc(Oc2ccccc2)c2ccccn2c1=O. The van der Waals surface area contributed by atoms with Crippen molar-refractivity contribution in [2.45, 2.75) is 0 Å². The van der Waals surface area contributed by atoms with Crippen LogP contribution in [0.3, 0.4) is 0 Å². The van der Waals surface area contributed by atoms with Gasteiger partial charge in [0.25, 0.3) is 17.4 Å². The lowest BCUT2D eigenvalue weighted by molar-refractivity contribution is 0.100. The van der Waals surface area contributed by atoms with Crippen molar-refractivity contribution in [3.63, 3.8) is 0 Å². The molecule has 0 aliphatic carbocycles. The Bertz CT molecular complexity index is 1130. The van der Waals surface area contributed by atoms with E-state index in [1.165, 1.54) is 10.5 Å². The summed E-state index contributed by atoms with van der Waals surface area (Å²) in [5.74, 6) is -0.103. The van der Waals surface area contributed by atoms with Crippen LogP contribution in [0.4, 0.5) is 0 Å². The van der Waals surface area contributed by atoms with Crippen molar-refractivity contribution in [1.82, 2.24) is 4.40 Å². The molecule has 0 saturated heterocycles. The van der Waals surface area contributed by atoms with Crippen LogP contribution in [0.15, 0.2) is 91.3 Å². The standard InChI is InChI=1S/C17H10N6O3/c24-15(18-17-19-21-22-20-17)12-10-14(26-11-6-2-1-3-7-11)13-8-4-5-9-23(13)16(12)25/h1-10H. The molecule has 9 heteroatoms. The summed E-state index contributed by atoms with van der Waals surface area (Å²) in [6.07, 6.45) is 1.55. The number of fused-ring (bicyclic) bond motifs is 1. The van der Waals surface area contributed by atoms with Gasteiger partial charge >= 0.3 is 0 Å². The highest BCUT2D eigenvalue weighted by Gasteiger charge is 2.18. The Balaban J connectivity index is 1.86. The zero-order chi connectivity index (χ0) is 17.9. The van der Waals surface area contributed by atoms with Crippen LogP contribution in [0.5, 0.6) is 11.5 Å². The van der Waals surface area contributed by atoms with Crippen molar-refractivity contribution < 1.29 is 9.53 Å². The number of carbonyl (C=O) groups is 1. The van der Waals surface area contributed by atoms with Crippen LogP contribution in [0.1, 0.15) is 10.4 Å². The normalized spacial score (nSPS) is 12.5. The molecule has 1 aliphatic rings. The topological polar surface area (TPSA) is 110 Å². The molecule has 1 amide bonds. The highest BCUT2D eigenvalue weighted by atomic mass is 16.5. The second-order valence-corrected chi connectivity index (χ2v) is 5.19. The predicted molar refractivity (Wildman–Crippen MR) is 91.7 cm³/mol. The quantitative estimate of drug-likeness (QED) is 0.724. The van der Waals surface area contributed by atoms with Gasteiger partial charge in [-0.2, -0.15) is 4.99 Å². The Morgan fingerprint density at radius 3 is 2.50 bits per heavy atom. The minimum atomic E-state index is -0.805. The summed E-state index contributed by atoms with van der Waals surface area (Å²) in [5, 5.41) is 13.4. The summed E-state index contributed by atoms with van der Waals surface area (Å²) in [4.78, 5) is 28.7. The van der Waals surface area contributed by atoms with Crippen molar-refractivity contribution in [2.24, 2.45) is 25.7 Å². The van der Waals surface area contributed by atoms with Crippen LogP contribution < -0.4 is 10.3 Å². The number of aliphatic imine (C=N–C) groups is 1. The Morgan fingerprint density at radius 1 is 1.00 bits per heavy atom. The van der Waals surface area contributed by atoms with Gasteiger partial charge in [-0.05, 0) is 34.7 Å². The van der Waals surface area contributed by atoms with E-state index in [1.54, 1.807) is 36.5 Å². The van der Waals surface area contributed by atoms with E-state index < -0.39 is 11.5 Å². The van der Waals surface area contributed by atoms with Gasteiger partial charge in [-0.25, -0.2) is 0 Å². The van der Waals surface area contributed by atoms with Gasteiger partial charge in [0.15, 0.2) is 5.75 Å². The fraction of sp³-hybridized carbons (Fsp3) is 0. The molecule has 126 valence electrons. The molecule has 0 N–H and O–H groups in total. The maximum atomic E-state index is 12.7. The lowest BCUT2D eigenvalue weighted by atomic mass is 10.2. The number of pyridine rings is 2.